The molecular weight excluding hydrogens is 314 g/mol. The lowest BCUT2D eigenvalue weighted by molar-refractivity contribution is -0.146. The van der Waals surface area contributed by atoms with Crippen molar-refractivity contribution in [1.82, 2.24) is 4.90 Å². The molecule has 2 N–H and O–H groups in total. The molecule has 1 unspecified atom stereocenters. The van der Waals surface area contributed by atoms with Crippen molar-refractivity contribution in [2.24, 2.45) is 0 Å². The van der Waals surface area contributed by atoms with E-state index in [1.807, 2.05) is 5.40 Å². The Kier molecular flexibility index (Phi) is 6.44. The Morgan fingerprint density at radius 3 is 2.74 bits per heavy atom. The van der Waals surface area contributed by atoms with Crippen LogP contribution in [0, 0.1) is 10.7 Å². The molecule has 2 rings (SSSR count). The fourth-order valence-electron chi connectivity index (χ4n) is 2.69. The Balaban J connectivity index is 1.98. The summed E-state index contributed by atoms with van der Waals surface area (Å²) in [5.74, 6) is -1.23. The van der Waals surface area contributed by atoms with E-state index in [1.165, 1.54) is 0 Å². The number of carbonyl (C=O) groups excluding carboxylic acids is 2. The largest absolute Gasteiger partial charge is 0.396 e. The molecule has 1 saturated heterocycles. The molecule has 6 nitrogen and oxygen atoms in total. The highest BCUT2D eigenvalue weighted by molar-refractivity contribution is 8.03. The molecular formula is C16H19N3O3S. The highest BCUT2D eigenvalue weighted by Crippen LogP contribution is 2.21. The summed E-state index contributed by atoms with van der Waals surface area (Å²) in [4.78, 5) is 26.8. The minimum Gasteiger partial charge on any atom is -0.396 e. The lowest BCUT2D eigenvalue weighted by Gasteiger charge is -2.35. The van der Waals surface area contributed by atoms with E-state index in [0.717, 1.165) is 35.9 Å². The number of hydrogen-bond acceptors (Lipinski definition) is 5. The van der Waals surface area contributed by atoms with E-state index in [-0.39, 0.29) is 12.6 Å². The number of aliphatic hydroxyl groups is 1. The SMILES string of the molecule is N#CSc1ccc(NC(=O)C(=O)N2CCCCC2CCO)cc1. The normalized spacial score (nSPS) is 17.4. The van der Waals surface area contributed by atoms with E-state index >= 15 is 0 Å². The molecule has 1 aliphatic rings. The van der Waals surface area contributed by atoms with Crippen molar-refractivity contribution in [3.05, 3.63) is 24.3 Å². The van der Waals surface area contributed by atoms with Crippen LogP contribution >= 0.6 is 11.8 Å². The summed E-state index contributed by atoms with van der Waals surface area (Å²) in [5.41, 5.74) is 0.515. The lowest BCUT2D eigenvalue weighted by atomic mass is 9.99. The van der Waals surface area contributed by atoms with E-state index in [9.17, 15) is 9.59 Å². The first-order valence-electron chi connectivity index (χ1n) is 7.54. The molecule has 0 spiro atoms. The van der Waals surface area contributed by atoms with Crippen molar-refractivity contribution in [3.63, 3.8) is 0 Å². The third kappa shape index (κ3) is 4.71. The zero-order chi connectivity index (χ0) is 16.7. The Bertz CT molecular complexity index is 596. The van der Waals surface area contributed by atoms with Gasteiger partial charge in [0.15, 0.2) is 0 Å². The second kappa shape index (κ2) is 8.56. The van der Waals surface area contributed by atoms with E-state index in [4.69, 9.17) is 10.4 Å². The van der Waals surface area contributed by atoms with Gasteiger partial charge in [0.2, 0.25) is 0 Å². The number of carbonyl (C=O) groups is 2. The van der Waals surface area contributed by atoms with Gasteiger partial charge in [-0.2, -0.15) is 5.26 Å². The van der Waals surface area contributed by atoms with Gasteiger partial charge in [-0.3, -0.25) is 9.59 Å². The zero-order valence-corrected chi connectivity index (χ0v) is 13.5. The molecule has 7 heteroatoms. The Hall–Kier alpha value is -2.04. The quantitative estimate of drug-likeness (QED) is 0.499. The van der Waals surface area contributed by atoms with Crippen LogP contribution in [0.3, 0.4) is 0 Å². The van der Waals surface area contributed by atoms with Gasteiger partial charge in [-0.15, -0.1) is 0 Å². The number of rotatable bonds is 4. The van der Waals surface area contributed by atoms with Gasteiger partial charge in [-0.25, -0.2) is 0 Å². The van der Waals surface area contributed by atoms with Crippen LogP contribution in [-0.2, 0) is 9.59 Å². The molecule has 1 heterocycles. The third-order valence-electron chi connectivity index (χ3n) is 3.82. The summed E-state index contributed by atoms with van der Waals surface area (Å²) in [5, 5.41) is 22.2. The smallest absolute Gasteiger partial charge is 0.313 e. The molecule has 1 atom stereocenters. The van der Waals surface area contributed by atoms with Gasteiger partial charge in [0.25, 0.3) is 0 Å². The average Bonchev–Trinajstić information content (AvgIpc) is 2.57. The highest BCUT2D eigenvalue weighted by Gasteiger charge is 2.30. The summed E-state index contributed by atoms with van der Waals surface area (Å²) < 4.78 is 0. The standard InChI is InChI=1S/C16H19N3O3S/c17-11-23-14-6-4-12(5-7-14)18-15(21)16(22)19-9-2-1-3-13(19)8-10-20/h4-7,13,20H,1-3,8-10H2,(H,18,21). The topological polar surface area (TPSA) is 93.4 Å². The van der Waals surface area contributed by atoms with Crippen molar-refractivity contribution in [2.45, 2.75) is 36.6 Å². The van der Waals surface area contributed by atoms with Crippen molar-refractivity contribution in [1.29, 1.82) is 5.26 Å². The molecule has 0 aromatic heterocycles. The number of likely N-dealkylation sites (tertiary alicyclic amines) is 1. The predicted molar refractivity (Wildman–Crippen MR) is 87.6 cm³/mol. The number of piperidine rings is 1. The van der Waals surface area contributed by atoms with Gasteiger partial charge in [-0.05, 0) is 61.7 Å². The fourth-order valence-corrected chi connectivity index (χ4v) is 3.07. The van der Waals surface area contributed by atoms with E-state index in [2.05, 4.69) is 5.32 Å². The maximum absolute atomic E-state index is 12.3. The maximum atomic E-state index is 12.3. The first-order valence-corrected chi connectivity index (χ1v) is 8.36. The van der Waals surface area contributed by atoms with Crippen LogP contribution < -0.4 is 5.32 Å². The van der Waals surface area contributed by atoms with Gasteiger partial charge >= 0.3 is 11.8 Å². The zero-order valence-electron chi connectivity index (χ0n) is 12.7. The number of amides is 2. The second-order valence-electron chi connectivity index (χ2n) is 5.33. The molecule has 122 valence electrons. The third-order valence-corrected chi connectivity index (χ3v) is 4.42. The molecule has 1 aromatic rings. The van der Waals surface area contributed by atoms with Crippen molar-refractivity contribution < 1.29 is 14.7 Å². The van der Waals surface area contributed by atoms with Crippen LogP contribution in [0.15, 0.2) is 29.2 Å². The monoisotopic (exact) mass is 333 g/mol. The first-order chi connectivity index (χ1) is 11.2. The Labute approximate surface area is 139 Å². The summed E-state index contributed by atoms with van der Waals surface area (Å²) in [6.45, 7) is 0.558. The number of benzene rings is 1. The number of nitrogens with zero attached hydrogens (tertiary/aromatic N) is 2. The minimum absolute atomic E-state index is 0.00802. The molecule has 1 aromatic carbocycles. The van der Waals surface area contributed by atoms with Gasteiger partial charge in [0, 0.05) is 29.8 Å². The van der Waals surface area contributed by atoms with Crippen LogP contribution in [0.25, 0.3) is 0 Å². The second-order valence-corrected chi connectivity index (χ2v) is 6.19. The number of nitriles is 1. The van der Waals surface area contributed by atoms with Gasteiger partial charge in [0.1, 0.15) is 5.40 Å². The van der Waals surface area contributed by atoms with Gasteiger partial charge in [0.05, 0.1) is 0 Å². The summed E-state index contributed by atoms with van der Waals surface area (Å²) in [6, 6.07) is 6.67. The molecule has 0 radical (unpaired) electrons. The van der Waals surface area contributed by atoms with Gasteiger partial charge in [-0.1, -0.05) is 0 Å². The van der Waals surface area contributed by atoms with Crippen molar-refractivity contribution in [3.8, 4) is 5.40 Å². The number of hydrogen-bond donors (Lipinski definition) is 2. The van der Waals surface area contributed by atoms with Crippen molar-refractivity contribution in [2.75, 3.05) is 18.5 Å². The number of aliphatic hydroxyl groups excluding tert-OH is 1. The Morgan fingerprint density at radius 1 is 1.35 bits per heavy atom. The van der Waals surface area contributed by atoms with Gasteiger partial charge < -0.3 is 15.3 Å². The summed E-state index contributed by atoms with van der Waals surface area (Å²) in [6.07, 6.45) is 3.20. The highest BCUT2D eigenvalue weighted by atomic mass is 32.2. The van der Waals surface area contributed by atoms with E-state index in [1.54, 1.807) is 29.2 Å². The van der Waals surface area contributed by atoms with E-state index in [0.29, 0.717) is 18.7 Å². The van der Waals surface area contributed by atoms with Crippen molar-refractivity contribution >= 4 is 29.3 Å². The molecule has 0 saturated carbocycles. The number of anilines is 1. The van der Waals surface area contributed by atoms with Crippen LogP contribution in [0.5, 0.6) is 0 Å². The number of thiocyanates is 1. The first kappa shape index (κ1) is 17.3. The molecule has 1 aliphatic heterocycles. The average molecular weight is 333 g/mol. The lowest BCUT2D eigenvalue weighted by Crippen LogP contribution is -2.48. The van der Waals surface area contributed by atoms with Crippen LogP contribution in [0.4, 0.5) is 5.69 Å². The number of nitrogens with one attached hydrogen (secondary N) is 1. The Morgan fingerprint density at radius 2 is 2.09 bits per heavy atom. The van der Waals surface area contributed by atoms with E-state index < -0.39 is 11.8 Å². The number of thioether (sulfide) groups is 1. The predicted octanol–water partition coefficient (Wildman–Crippen LogP) is 1.96. The fraction of sp³-hybridized carbons (Fsp3) is 0.438. The summed E-state index contributed by atoms with van der Waals surface area (Å²) in [7, 11) is 0. The van der Waals surface area contributed by atoms with Crippen LogP contribution in [0.2, 0.25) is 0 Å². The summed E-state index contributed by atoms with van der Waals surface area (Å²) >= 11 is 1.03. The molecule has 23 heavy (non-hydrogen) atoms. The minimum atomic E-state index is -0.671. The molecule has 0 aliphatic carbocycles. The molecule has 2 amide bonds. The maximum Gasteiger partial charge on any atom is 0.313 e. The molecule has 0 bridgehead atoms. The van der Waals surface area contributed by atoms with Crippen LogP contribution in [-0.4, -0.2) is 41.0 Å². The molecule has 1 fully saturated rings. The van der Waals surface area contributed by atoms with Crippen LogP contribution in [0.1, 0.15) is 25.7 Å².